The van der Waals surface area contributed by atoms with E-state index in [-0.39, 0.29) is 30.5 Å². The molecular weight excluding hydrogens is 337 g/mol. The summed E-state index contributed by atoms with van der Waals surface area (Å²) in [6.07, 6.45) is 0. The first kappa shape index (κ1) is 20.0. The molecule has 23 heavy (non-hydrogen) atoms. The number of hydrogen-bond acceptors (Lipinski definition) is 4. The highest BCUT2D eigenvalue weighted by atomic mass is 35.5. The smallest absolute Gasteiger partial charge is 0.260 e. The number of carbonyl (C=O) groups is 1. The molecule has 0 radical (unpaired) electrons. The topological polar surface area (TPSA) is 58.8 Å². The van der Waals surface area contributed by atoms with Gasteiger partial charge < -0.3 is 15.4 Å². The van der Waals surface area contributed by atoms with Crippen molar-refractivity contribution in [1.29, 1.82) is 0 Å². The zero-order chi connectivity index (χ0) is 16.2. The Kier molecular flexibility index (Phi) is 7.61. The average molecular weight is 362 g/mol. The standard InChI is InChI=1S/C16H24ClN3O2.ClH/c1-16(2,18)12-19-7-9-20(10-8-19)15(21)11-22-14-5-3-13(17)4-6-14;/h3-6H,7-12,18H2,1-2H3;1H. The van der Waals surface area contributed by atoms with Gasteiger partial charge in [0, 0.05) is 43.3 Å². The molecule has 1 saturated heterocycles. The van der Waals surface area contributed by atoms with Gasteiger partial charge in [0.2, 0.25) is 0 Å². The van der Waals surface area contributed by atoms with E-state index < -0.39 is 0 Å². The van der Waals surface area contributed by atoms with Crippen LogP contribution in [0.1, 0.15) is 13.8 Å². The molecule has 5 nitrogen and oxygen atoms in total. The Morgan fingerprint density at radius 1 is 1.22 bits per heavy atom. The van der Waals surface area contributed by atoms with Gasteiger partial charge in [0.05, 0.1) is 0 Å². The second-order valence-electron chi connectivity index (χ2n) is 6.39. The molecule has 1 aliphatic rings. The third kappa shape index (κ3) is 6.96. The van der Waals surface area contributed by atoms with Gasteiger partial charge in [-0.15, -0.1) is 12.4 Å². The number of nitrogens with two attached hydrogens (primary N) is 1. The summed E-state index contributed by atoms with van der Waals surface area (Å²) in [4.78, 5) is 16.3. The van der Waals surface area contributed by atoms with Crippen LogP contribution in [-0.2, 0) is 4.79 Å². The first-order valence-electron chi connectivity index (χ1n) is 7.51. The van der Waals surface area contributed by atoms with Gasteiger partial charge >= 0.3 is 0 Å². The monoisotopic (exact) mass is 361 g/mol. The maximum atomic E-state index is 12.2. The molecule has 0 bridgehead atoms. The van der Waals surface area contributed by atoms with E-state index in [1.54, 1.807) is 24.3 Å². The van der Waals surface area contributed by atoms with Gasteiger partial charge in [0.1, 0.15) is 5.75 Å². The molecule has 1 heterocycles. The molecule has 7 heteroatoms. The fourth-order valence-electron chi connectivity index (χ4n) is 2.50. The lowest BCUT2D eigenvalue weighted by atomic mass is 10.1. The van der Waals surface area contributed by atoms with Crippen LogP contribution in [0.2, 0.25) is 5.02 Å². The van der Waals surface area contributed by atoms with E-state index in [1.165, 1.54) is 0 Å². The first-order chi connectivity index (χ1) is 10.3. The Hall–Kier alpha value is -1.01. The molecule has 0 aliphatic carbocycles. The van der Waals surface area contributed by atoms with E-state index in [0.29, 0.717) is 10.8 Å². The number of piperazine rings is 1. The van der Waals surface area contributed by atoms with E-state index in [2.05, 4.69) is 4.90 Å². The lowest BCUT2D eigenvalue weighted by Gasteiger charge is -2.37. The Bertz CT molecular complexity index is 495. The molecule has 0 aromatic heterocycles. The second-order valence-corrected chi connectivity index (χ2v) is 6.82. The molecule has 1 fully saturated rings. The zero-order valence-corrected chi connectivity index (χ0v) is 15.2. The number of halogens is 2. The molecule has 1 aromatic rings. The lowest BCUT2D eigenvalue weighted by Crippen LogP contribution is -2.54. The van der Waals surface area contributed by atoms with E-state index in [4.69, 9.17) is 22.1 Å². The number of benzene rings is 1. The normalized spacial score (nSPS) is 15.9. The number of ether oxygens (including phenoxy) is 1. The van der Waals surface area contributed by atoms with Gasteiger partial charge in [-0.25, -0.2) is 0 Å². The summed E-state index contributed by atoms with van der Waals surface area (Å²) in [6.45, 7) is 8.09. The second kappa shape index (κ2) is 8.73. The number of amides is 1. The quantitative estimate of drug-likeness (QED) is 0.871. The SMILES string of the molecule is CC(C)(N)CN1CCN(C(=O)COc2ccc(Cl)cc2)CC1.Cl. The maximum Gasteiger partial charge on any atom is 0.260 e. The van der Waals surface area contributed by atoms with Gasteiger partial charge in [-0.2, -0.15) is 0 Å². The zero-order valence-electron chi connectivity index (χ0n) is 13.6. The van der Waals surface area contributed by atoms with Crippen LogP contribution in [0.15, 0.2) is 24.3 Å². The molecule has 0 saturated carbocycles. The molecule has 1 aliphatic heterocycles. The fraction of sp³-hybridized carbons (Fsp3) is 0.562. The largest absolute Gasteiger partial charge is 0.484 e. The number of hydrogen-bond donors (Lipinski definition) is 1. The van der Waals surface area contributed by atoms with Crippen LogP contribution in [0.25, 0.3) is 0 Å². The fourth-order valence-corrected chi connectivity index (χ4v) is 2.62. The van der Waals surface area contributed by atoms with Crippen molar-refractivity contribution >= 4 is 29.9 Å². The highest BCUT2D eigenvalue weighted by Gasteiger charge is 2.24. The predicted octanol–water partition coefficient (Wildman–Crippen LogP) is 2.02. The summed E-state index contributed by atoms with van der Waals surface area (Å²) < 4.78 is 5.50. The molecule has 2 N–H and O–H groups in total. The summed E-state index contributed by atoms with van der Waals surface area (Å²) >= 11 is 5.81. The third-order valence-corrected chi connectivity index (χ3v) is 3.78. The van der Waals surface area contributed by atoms with Crippen molar-refractivity contribution in [1.82, 2.24) is 9.80 Å². The number of rotatable bonds is 5. The van der Waals surface area contributed by atoms with Crippen LogP contribution in [0.4, 0.5) is 0 Å². The molecule has 0 spiro atoms. The van der Waals surface area contributed by atoms with Gasteiger partial charge in [-0.1, -0.05) is 11.6 Å². The first-order valence-corrected chi connectivity index (χ1v) is 7.89. The summed E-state index contributed by atoms with van der Waals surface area (Å²) in [7, 11) is 0. The van der Waals surface area contributed by atoms with Crippen LogP contribution >= 0.6 is 24.0 Å². The van der Waals surface area contributed by atoms with E-state index in [1.807, 2.05) is 18.7 Å². The van der Waals surface area contributed by atoms with Gasteiger partial charge in [0.15, 0.2) is 6.61 Å². The van der Waals surface area contributed by atoms with Gasteiger partial charge in [-0.3, -0.25) is 9.69 Å². The van der Waals surface area contributed by atoms with Crippen molar-refractivity contribution in [3.8, 4) is 5.75 Å². The minimum atomic E-state index is -0.204. The molecule has 0 atom stereocenters. The Morgan fingerprint density at radius 2 is 1.78 bits per heavy atom. The molecular formula is C16H25Cl2N3O2. The number of carbonyl (C=O) groups excluding carboxylic acids is 1. The molecule has 1 aromatic carbocycles. The Balaban J connectivity index is 0.00000264. The van der Waals surface area contributed by atoms with Crippen molar-refractivity contribution in [2.45, 2.75) is 19.4 Å². The van der Waals surface area contributed by atoms with Gasteiger partial charge in [0.25, 0.3) is 5.91 Å². The minimum Gasteiger partial charge on any atom is -0.484 e. The maximum absolute atomic E-state index is 12.2. The lowest BCUT2D eigenvalue weighted by molar-refractivity contribution is -0.135. The van der Waals surface area contributed by atoms with Crippen LogP contribution < -0.4 is 10.5 Å². The van der Waals surface area contributed by atoms with Crippen LogP contribution in [-0.4, -0.2) is 60.6 Å². The number of nitrogens with zero attached hydrogens (tertiary/aromatic N) is 2. The van der Waals surface area contributed by atoms with E-state index in [0.717, 1.165) is 32.7 Å². The van der Waals surface area contributed by atoms with E-state index in [9.17, 15) is 4.79 Å². The molecule has 130 valence electrons. The van der Waals surface area contributed by atoms with Crippen molar-refractivity contribution in [3.63, 3.8) is 0 Å². The predicted molar refractivity (Wildman–Crippen MR) is 95.5 cm³/mol. The van der Waals surface area contributed by atoms with Crippen molar-refractivity contribution in [2.75, 3.05) is 39.3 Å². The molecule has 0 unspecified atom stereocenters. The van der Waals surface area contributed by atoms with Crippen molar-refractivity contribution in [3.05, 3.63) is 29.3 Å². The van der Waals surface area contributed by atoms with Crippen LogP contribution in [0.3, 0.4) is 0 Å². The highest BCUT2D eigenvalue weighted by molar-refractivity contribution is 6.30. The Labute approximate surface area is 149 Å². The molecule has 1 amide bonds. The highest BCUT2D eigenvalue weighted by Crippen LogP contribution is 2.15. The summed E-state index contributed by atoms with van der Waals surface area (Å²) in [5, 5.41) is 0.651. The van der Waals surface area contributed by atoms with Crippen LogP contribution in [0, 0.1) is 0 Å². The summed E-state index contributed by atoms with van der Waals surface area (Å²) in [5.41, 5.74) is 5.83. The molecule has 2 rings (SSSR count). The van der Waals surface area contributed by atoms with Crippen molar-refractivity contribution in [2.24, 2.45) is 5.73 Å². The van der Waals surface area contributed by atoms with E-state index >= 15 is 0 Å². The average Bonchev–Trinajstić information content (AvgIpc) is 2.45. The Morgan fingerprint density at radius 3 is 2.30 bits per heavy atom. The van der Waals surface area contributed by atoms with Gasteiger partial charge in [-0.05, 0) is 38.1 Å². The van der Waals surface area contributed by atoms with Crippen molar-refractivity contribution < 1.29 is 9.53 Å². The summed E-state index contributed by atoms with van der Waals surface area (Å²) in [5.74, 6) is 0.669. The minimum absolute atomic E-state index is 0. The summed E-state index contributed by atoms with van der Waals surface area (Å²) in [6, 6.07) is 7.01. The van der Waals surface area contributed by atoms with Crippen LogP contribution in [0.5, 0.6) is 5.75 Å². The third-order valence-electron chi connectivity index (χ3n) is 3.53.